The van der Waals surface area contributed by atoms with Gasteiger partial charge in [-0.2, -0.15) is 9.78 Å². The van der Waals surface area contributed by atoms with E-state index in [0.29, 0.717) is 5.95 Å². The molecule has 1 aromatic heterocycles. The van der Waals surface area contributed by atoms with E-state index in [9.17, 15) is 4.79 Å². The number of nitrogens with zero attached hydrogens (tertiary/aromatic N) is 4. The lowest BCUT2D eigenvalue weighted by Gasteiger charge is -2.04. The predicted molar refractivity (Wildman–Crippen MR) is 46.3 cm³/mol. The van der Waals surface area contributed by atoms with Crippen molar-refractivity contribution < 1.29 is 4.79 Å². The number of anilines is 1. The van der Waals surface area contributed by atoms with Gasteiger partial charge in [-0.05, 0) is 13.8 Å². The Morgan fingerprint density at radius 1 is 1.62 bits per heavy atom. The van der Waals surface area contributed by atoms with Gasteiger partial charge >= 0.3 is 0 Å². The second-order valence-corrected chi connectivity index (χ2v) is 2.95. The van der Waals surface area contributed by atoms with Crippen LogP contribution in [0.1, 0.15) is 13.8 Å². The van der Waals surface area contributed by atoms with Gasteiger partial charge < -0.3 is 0 Å². The van der Waals surface area contributed by atoms with E-state index in [-0.39, 0.29) is 11.8 Å². The highest BCUT2D eigenvalue weighted by molar-refractivity contribution is 6.08. The maximum Gasteiger partial charge on any atom is 0.252 e. The molecule has 1 aliphatic heterocycles. The molecule has 1 aliphatic rings. The summed E-state index contributed by atoms with van der Waals surface area (Å²) in [6.45, 7) is 3.60. The Morgan fingerprint density at radius 3 is 3.15 bits per heavy atom. The summed E-state index contributed by atoms with van der Waals surface area (Å²) in [5.74, 6) is 0.0448. The van der Waals surface area contributed by atoms with Crippen LogP contribution >= 0.6 is 0 Å². The van der Waals surface area contributed by atoms with Gasteiger partial charge in [0, 0.05) is 5.71 Å². The van der Waals surface area contributed by atoms with Crippen LogP contribution in [-0.2, 0) is 4.79 Å². The van der Waals surface area contributed by atoms with Crippen LogP contribution in [0.25, 0.3) is 0 Å². The van der Waals surface area contributed by atoms with E-state index in [2.05, 4.69) is 20.6 Å². The van der Waals surface area contributed by atoms with Crippen molar-refractivity contribution in [3.63, 3.8) is 0 Å². The first-order valence-electron chi connectivity index (χ1n) is 3.95. The Hall–Kier alpha value is -1.72. The van der Waals surface area contributed by atoms with Crippen molar-refractivity contribution in [2.24, 2.45) is 11.0 Å². The van der Waals surface area contributed by atoms with E-state index < -0.39 is 0 Å². The highest BCUT2D eigenvalue weighted by Crippen LogP contribution is 2.11. The van der Waals surface area contributed by atoms with Crippen LogP contribution in [0.15, 0.2) is 11.4 Å². The average molecular weight is 179 g/mol. The maximum atomic E-state index is 11.4. The minimum atomic E-state index is -0.221. The van der Waals surface area contributed by atoms with Gasteiger partial charge in [0.2, 0.25) is 5.91 Å². The molecule has 0 aromatic carbocycles. The van der Waals surface area contributed by atoms with Crippen molar-refractivity contribution in [3.8, 4) is 0 Å². The van der Waals surface area contributed by atoms with Gasteiger partial charge in [0.25, 0.3) is 5.95 Å². The monoisotopic (exact) mass is 179 g/mol. The quantitative estimate of drug-likeness (QED) is 0.613. The molecule has 1 N–H and O–H groups in total. The van der Waals surface area contributed by atoms with Crippen LogP contribution in [0, 0.1) is 5.92 Å². The van der Waals surface area contributed by atoms with Gasteiger partial charge in [-0.3, -0.25) is 10.1 Å². The Morgan fingerprint density at radius 2 is 2.38 bits per heavy atom. The first kappa shape index (κ1) is 7.90. The molecular weight excluding hydrogens is 170 g/mol. The molecule has 1 amide bonds. The average Bonchev–Trinajstić information content (AvgIpc) is 2.47. The summed E-state index contributed by atoms with van der Waals surface area (Å²) in [6, 6.07) is 0. The summed E-state index contributed by atoms with van der Waals surface area (Å²) >= 11 is 0. The molecule has 0 bridgehead atoms. The van der Waals surface area contributed by atoms with Gasteiger partial charge in [0.1, 0.15) is 6.33 Å². The van der Waals surface area contributed by atoms with Crippen LogP contribution in [0.4, 0.5) is 5.95 Å². The van der Waals surface area contributed by atoms with Crippen molar-refractivity contribution in [1.82, 2.24) is 14.9 Å². The topological polar surface area (TPSA) is 72.2 Å². The fourth-order valence-corrected chi connectivity index (χ4v) is 1.05. The molecule has 2 rings (SSSR count). The molecule has 1 unspecified atom stereocenters. The first-order valence-corrected chi connectivity index (χ1v) is 3.95. The zero-order chi connectivity index (χ0) is 9.42. The molecule has 6 heteroatoms. The fraction of sp³-hybridized carbons (Fsp3) is 0.429. The number of hydrogen-bond donors (Lipinski definition) is 1. The second kappa shape index (κ2) is 2.65. The summed E-state index contributed by atoms with van der Waals surface area (Å²) in [5, 5.41) is 14.1. The number of rotatable bonds is 0. The molecular formula is C7H9N5O. The largest absolute Gasteiger partial charge is 0.293 e. The Balaban J connectivity index is 2.50. The number of hydrogen-bond acceptors (Lipinski definition) is 4. The summed E-state index contributed by atoms with van der Waals surface area (Å²) in [7, 11) is 0. The normalized spacial score (nSPS) is 21.5. The second-order valence-electron chi connectivity index (χ2n) is 2.95. The molecule has 1 aromatic rings. The highest BCUT2D eigenvalue weighted by Gasteiger charge is 2.21. The lowest BCUT2D eigenvalue weighted by Crippen LogP contribution is -2.24. The van der Waals surface area contributed by atoms with Gasteiger partial charge in [0.05, 0.1) is 5.92 Å². The molecule has 6 nitrogen and oxygen atoms in total. The van der Waals surface area contributed by atoms with E-state index in [0.717, 1.165) is 5.71 Å². The minimum Gasteiger partial charge on any atom is -0.293 e. The van der Waals surface area contributed by atoms with Crippen molar-refractivity contribution in [2.45, 2.75) is 13.8 Å². The smallest absolute Gasteiger partial charge is 0.252 e. The van der Waals surface area contributed by atoms with Crippen molar-refractivity contribution >= 4 is 17.6 Å². The van der Waals surface area contributed by atoms with E-state index in [1.165, 1.54) is 11.0 Å². The third-order valence-corrected chi connectivity index (χ3v) is 2.05. The van der Waals surface area contributed by atoms with Crippen LogP contribution < -0.4 is 5.32 Å². The zero-order valence-corrected chi connectivity index (χ0v) is 7.35. The van der Waals surface area contributed by atoms with E-state index in [1.54, 1.807) is 13.8 Å². The maximum absolute atomic E-state index is 11.4. The van der Waals surface area contributed by atoms with Crippen LogP contribution in [-0.4, -0.2) is 26.5 Å². The number of carbonyl (C=O) groups is 1. The number of amides is 1. The first-order chi connectivity index (χ1) is 6.18. The number of aromatic nitrogens is 3. The van der Waals surface area contributed by atoms with Gasteiger partial charge in [-0.25, -0.2) is 0 Å². The number of fused-ring (bicyclic) bond motifs is 1. The van der Waals surface area contributed by atoms with Crippen LogP contribution in [0.2, 0.25) is 0 Å². The fourth-order valence-electron chi connectivity index (χ4n) is 1.05. The Bertz CT molecular complexity index is 380. The summed E-state index contributed by atoms with van der Waals surface area (Å²) in [5.41, 5.74) is 0.746. The molecule has 0 spiro atoms. The molecule has 1 atom stereocenters. The molecule has 13 heavy (non-hydrogen) atoms. The molecule has 0 aliphatic carbocycles. The third kappa shape index (κ3) is 1.20. The van der Waals surface area contributed by atoms with E-state index in [4.69, 9.17) is 0 Å². The summed E-state index contributed by atoms with van der Waals surface area (Å²) < 4.78 is 1.46. The minimum absolute atomic E-state index is 0.104. The summed E-state index contributed by atoms with van der Waals surface area (Å²) in [6.07, 6.45) is 1.46. The van der Waals surface area contributed by atoms with Crippen LogP contribution in [0.5, 0.6) is 0 Å². The van der Waals surface area contributed by atoms with Crippen molar-refractivity contribution in [1.29, 1.82) is 0 Å². The van der Waals surface area contributed by atoms with Gasteiger partial charge in [-0.15, -0.1) is 10.2 Å². The Kier molecular flexibility index (Phi) is 1.61. The molecule has 0 radical (unpaired) electrons. The number of carbonyl (C=O) groups excluding carboxylic acids is 1. The molecule has 0 fully saturated rings. The van der Waals surface area contributed by atoms with E-state index in [1.807, 2.05) is 0 Å². The lowest BCUT2D eigenvalue weighted by atomic mass is 10.1. The van der Waals surface area contributed by atoms with E-state index >= 15 is 0 Å². The third-order valence-electron chi connectivity index (χ3n) is 2.05. The predicted octanol–water partition coefficient (Wildman–Crippen LogP) is 0.0903. The Labute approximate surface area is 74.7 Å². The molecule has 0 saturated carbocycles. The number of nitrogens with one attached hydrogen (secondary N) is 1. The standard InChI is InChI=1S/C7H9N5O/c1-4-5(2)11-12-3-8-10-7(12)9-6(4)13/h3-4H,1-2H3,(H,9,10,13). The molecule has 0 saturated heterocycles. The SMILES string of the molecule is CC1=Nn2cnnc2NC(=O)C1C. The molecule has 2 heterocycles. The highest BCUT2D eigenvalue weighted by atomic mass is 16.2. The van der Waals surface area contributed by atoms with Gasteiger partial charge in [-0.1, -0.05) is 0 Å². The van der Waals surface area contributed by atoms with Gasteiger partial charge in [0.15, 0.2) is 0 Å². The molecule has 68 valence electrons. The zero-order valence-electron chi connectivity index (χ0n) is 7.35. The summed E-state index contributed by atoms with van der Waals surface area (Å²) in [4.78, 5) is 11.4. The van der Waals surface area contributed by atoms with Crippen molar-refractivity contribution in [3.05, 3.63) is 6.33 Å². The van der Waals surface area contributed by atoms with Crippen LogP contribution in [0.3, 0.4) is 0 Å². The lowest BCUT2D eigenvalue weighted by molar-refractivity contribution is -0.117. The van der Waals surface area contributed by atoms with Crippen molar-refractivity contribution in [2.75, 3.05) is 5.32 Å².